The van der Waals surface area contributed by atoms with Crippen molar-refractivity contribution in [2.24, 2.45) is 0 Å². The van der Waals surface area contributed by atoms with E-state index in [9.17, 15) is 0 Å². The third-order valence-corrected chi connectivity index (χ3v) is 4.17. The Kier molecular flexibility index (Phi) is 3.99. The summed E-state index contributed by atoms with van der Waals surface area (Å²) in [5, 5.41) is 0.745. The first-order valence-corrected chi connectivity index (χ1v) is 7.40. The molecule has 0 radical (unpaired) electrons. The van der Waals surface area contributed by atoms with Crippen LogP contribution in [0.5, 0.6) is 0 Å². The molecule has 0 N–H and O–H groups in total. The zero-order chi connectivity index (χ0) is 13.9. The summed E-state index contributed by atoms with van der Waals surface area (Å²) in [5.41, 5.74) is 2.13. The van der Waals surface area contributed by atoms with Crippen LogP contribution in [0, 0.1) is 0 Å². The molecule has 104 valence electrons. The predicted octanol–water partition coefficient (Wildman–Crippen LogP) is 3.95. The number of hydrogen-bond donors (Lipinski definition) is 0. The molecule has 0 aliphatic carbocycles. The van der Waals surface area contributed by atoms with Crippen LogP contribution in [0.1, 0.15) is 31.1 Å². The minimum Gasteiger partial charge on any atom is -0.296 e. The highest BCUT2D eigenvalue weighted by Crippen LogP contribution is 2.28. The molecular formula is C16H18ClN3. The Morgan fingerprint density at radius 3 is 2.40 bits per heavy atom. The van der Waals surface area contributed by atoms with E-state index in [0.717, 1.165) is 34.9 Å². The molecule has 1 aromatic carbocycles. The summed E-state index contributed by atoms with van der Waals surface area (Å²) < 4.78 is 0. The van der Waals surface area contributed by atoms with Gasteiger partial charge in [0, 0.05) is 23.0 Å². The average Bonchev–Trinajstić information content (AvgIpc) is 2.49. The Balaban J connectivity index is 1.82. The molecule has 0 spiro atoms. The van der Waals surface area contributed by atoms with E-state index >= 15 is 0 Å². The van der Waals surface area contributed by atoms with Crippen molar-refractivity contribution in [3.8, 4) is 11.1 Å². The number of aromatic nitrogens is 2. The van der Waals surface area contributed by atoms with Gasteiger partial charge in [-0.05, 0) is 44.1 Å². The largest absolute Gasteiger partial charge is 0.296 e. The van der Waals surface area contributed by atoms with Crippen molar-refractivity contribution in [1.82, 2.24) is 14.9 Å². The molecule has 1 aromatic heterocycles. The number of halogens is 1. The Bertz CT molecular complexity index is 565. The second kappa shape index (κ2) is 5.90. The molecule has 1 atom stereocenters. The van der Waals surface area contributed by atoms with Crippen LogP contribution in [-0.2, 0) is 0 Å². The lowest BCUT2D eigenvalue weighted by molar-refractivity contribution is 0.179. The van der Waals surface area contributed by atoms with Crippen molar-refractivity contribution < 1.29 is 0 Å². The Morgan fingerprint density at radius 1 is 1.05 bits per heavy atom. The number of rotatable bonds is 2. The van der Waals surface area contributed by atoms with E-state index in [1.165, 1.54) is 12.8 Å². The van der Waals surface area contributed by atoms with Crippen LogP contribution in [0.2, 0.25) is 5.02 Å². The van der Waals surface area contributed by atoms with Crippen LogP contribution in [0.3, 0.4) is 0 Å². The van der Waals surface area contributed by atoms with Crippen molar-refractivity contribution in [1.29, 1.82) is 0 Å². The van der Waals surface area contributed by atoms with Crippen molar-refractivity contribution in [3.63, 3.8) is 0 Å². The third-order valence-electron chi connectivity index (χ3n) is 3.92. The number of piperidine rings is 1. The second-order valence-corrected chi connectivity index (χ2v) is 5.77. The van der Waals surface area contributed by atoms with Gasteiger partial charge in [-0.1, -0.05) is 30.2 Å². The molecular weight excluding hydrogens is 270 g/mol. The molecule has 1 fully saturated rings. The molecule has 0 saturated carbocycles. The lowest BCUT2D eigenvalue weighted by atomic mass is 10.0. The van der Waals surface area contributed by atoms with Gasteiger partial charge < -0.3 is 0 Å². The van der Waals surface area contributed by atoms with Crippen molar-refractivity contribution in [2.45, 2.75) is 25.3 Å². The maximum Gasteiger partial charge on any atom is 0.145 e. The summed E-state index contributed by atoms with van der Waals surface area (Å²) in [6.07, 6.45) is 7.51. The molecule has 4 heteroatoms. The number of nitrogens with zero attached hydrogens (tertiary/aromatic N) is 3. The topological polar surface area (TPSA) is 29.0 Å². The summed E-state index contributed by atoms with van der Waals surface area (Å²) in [7, 11) is 2.15. The van der Waals surface area contributed by atoms with Crippen molar-refractivity contribution in [2.75, 3.05) is 13.6 Å². The van der Waals surface area contributed by atoms with E-state index in [1.54, 1.807) is 0 Å². The first-order chi connectivity index (χ1) is 9.74. The van der Waals surface area contributed by atoms with Gasteiger partial charge in [0.05, 0.1) is 6.04 Å². The van der Waals surface area contributed by atoms with E-state index in [4.69, 9.17) is 11.6 Å². The number of hydrogen-bond acceptors (Lipinski definition) is 3. The smallest absolute Gasteiger partial charge is 0.145 e. The maximum absolute atomic E-state index is 5.91. The normalized spacial score (nSPS) is 20.0. The monoisotopic (exact) mass is 287 g/mol. The van der Waals surface area contributed by atoms with Gasteiger partial charge in [-0.15, -0.1) is 0 Å². The molecule has 1 aliphatic heterocycles. The van der Waals surface area contributed by atoms with E-state index in [2.05, 4.69) is 21.9 Å². The van der Waals surface area contributed by atoms with Gasteiger partial charge in [0.2, 0.25) is 0 Å². The third kappa shape index (κ3) is 2.84. The van der Waals surface area contributed by atoms with Crippen LogP contribution in [0.4, 0.5) is 0 Å². The zero-order valence-corrected chi connectivity index (χ0v) is 12.3. The average molecular weight is 288 g/mol. The summed E-state index contributed by atoms with van der Waals surface area (Å²) in [5.74, 6) is 0.935. The minimum atomic E-state index is 0.364. The summed E-state index contributed by atoms with van der Waals surface area (Å²) in [6, 6.07) is 8.13. The van der Waals surface area contributed by atoms with Crippen molar-refractivity contribution >= 4 is 11.6 Å². The Morgan fingerprint density at radius 2 is 1.75 bits per heavy atom. The molecule has 2 aromatic rings. The van der Waals surface area contributed by atoms with Gasteiger partial charge in [0.25, 0.3) is 0 Å². The molecule has 1 saturated heterocycles. The Labute approximate surface area is 124 Å². The summed E-state index contributed by atoms with van der Waals surface area (Å²) in [6.45, 7) is 1.13. The van der Waals surface area contributed by atoms with Crippen LogP contribution in [-0.4, -0.2) is 28.5 Å². The maximum atomic E-state index is 5.91. The van der Waals surface area contributed by atoms with Gasteiger partial charge >= 0.3 is 0 Å². The lowest BCUT2D eigenvalue weighted by Gasteiger charge is -2.31. The summed E-state index contributed by atoms with van der Waals surface area (Å²) in [4.78, 5) is 11.5. The van der Waals surface area contributed by atoms with E-state index in [-0.39, 0.29) is 0 Å². The fourth-order valence-corrected chi connectivity index (χ4v) is 2.83. The molecule has 3 rings (SSSR count). The molecule has 20 heavy (non-hydrogen) atoms. The standard InChI is InChI=1S/C16H18ClN3/c1-20-9-3-2-4-15(20)16-18-10-13(11-19-16)12-5-7-14(17)8-6-12/h5-8,10-11,15H,2-4,9H2,1H3. The van der Waals surface area contributed by atoms with E-state index < -0.39 is 0 Å². The highest BCUT2D eigenvalue weighted by Gasteiger charge is 2.22. The van der Waals surface area contributed by atoms with Crippen LogP contribution in [0.15, 0.2) is 36.7 Å². The molecule has 3 nitrogen and oxygen atoms in total. The first kappa shape index (κ1) is 13.5. The molecule has 1 unspecified atom stereocenters. The SMILES string of the molecule is CN1CCCCC1c1ncc(-c2ccc(Cl)cc2)cn1. The number of likely N-dealkylation sites (tertiary alicyclic amines) is 1. The van der Waals surface area contributed by atoms with Gasteiger partial charge in [0.15, 0.2) is 0 Å². The van der Waals surface area contributed by atoms with Crippen LogP contribution >= 0.6 is 11.6 Å². The highest BCUT2D eigenvalue weighted by molar-refractivity contribution is 6.30. The predicted molar refractivity (Wildman–Crippen MR) is 81.7 cm³/mol. The van der Waals surface area contributed by atoms with E-state index in [1.807, 2.05) is 36.7 Å². The Hall–Kier alpha value is -1.45. The quantitative estimate of drug-likeness (QED) is 0.837. The lowest BCUT2D eigenvalue weighted by Crippen LogP contribution is -2.30. The highest BCUT2D eigenvalue weighted by atomic mass is 35.5. The molecule has 1 aliphatic rings. The summed E-state index contributed by atoms with van der Waals surface area (Å²) >= 11 is 5.91. The molecule has 2 heterocycles. The van der Waals surface area contributed by atoms with Gasteiger partial charge in [-0.2, -0.15) is 0 Å². The van der Waals surface area contributed by atoms with Crippen LogP contribution < -0.4 is 0 Å². The van der Waals surface area contributed by atoms with Gasteiger partial charge in [0.1, 0.15) is 5.82 Å². The van der Waals surface area contributed by atoms with Gasteiger partial charge in [-0.25, -0.2) is 9.97 Å². The molecule has 0 bridgehead atoms. The van der Waals surface area contributed by atoms with Crippen molar-refractivity contribution in [3.05, 3.63) is 47.5 Å². The van der Waals surface area contributed by atoms with Crippen LogP contribution in [0.25, 0.3) is 11.1 Å². The zero-order valence-electron chi connectivity index (χ0n) is 11.6. The van der Waals surface area contributed by atoms with E-state index in [0.29, 0.717) is 6.04 Å². The number of benzene rings is 1. The van der Waals surface area contributed by atoms with Gasteiger partial charge in [-0.3, -0.25) is 4.90 Å². The minimum absolute atomic E-state index is 0.364. The second-order valence-electron chi connectivity index (χ2n) is 5.33. The fraction of sp³-hybridized carbons (Fsp3) is 0.375. The first-order valence-electron chi connectivity index (χ1n) is 7.02. The fourth-order valence-electron chi connectivity index (χ4n) is 2.70. The molecule has 0 amide bonds.